The number of benzene rings is 2. The van der Waals surface area contributed by atoms with Gasteiger partial charge in [0.25, 0.3) is 0 Å². The Morgan fingerprint density at radius 2 is 2.10 bits per heavy atom. The summed E-state index contributed by atoms with van der Waals surface area (Å²) in [5, 5.41) is 3.55. The molecule has 0 saturated carbocycles. The van der Waals surface area contributed by atoms with Gasteiger partial charge in [-0.15, -0.1) is 0 Å². The van der Waals surface area contributed by atoms with E-state index in [1.165, 1.54) is 19.2 Å². The topological polar surface area (TPSA) is 38.3 Å². The number of carbonyl (C=O) groups excluding carboxylic acids is 1. The van der Waals surface area contributed by atoms with Crippen molar-refractivity contribution in [1.82, 2.24) is 0 Å². The third kappa shape index (κ3) is 3.48. The predicted molar refractivity (Wildman–Crippen MR) is 76.5 cm³/mol. The van der Waals surface area contributed by atoms with Crippen molar-refractivity contribution >= 4 is 23.3 Å². The first-order valence-electron chi connectivity index (χ1n) is 5.96. The molecule has 20 heavy (non-hydrogen) atoms. The lowest BCUT2D eigenvalue weighted by atomic mass is 10.2. The molecule has 2 rings (SSSR count). The zero-order valence-corrected chi connectivity index (χ0v) is 11.6. The molecule has 104 valence electrons. The molecule has 0 atom stereocenters. The predicted octanol–water partition coefficient (Wildman–Crippen LogP) is 3.88. The first-order valence-corrected chi connectivity index (χ1v) is 6.34. The van der Waals surface area contributed by atoms with Crippen LogP contribution in [0.5, 0.6) is 0 Å². The van der Waals surface area contributed by atoms with Gasteiger partial charge in [0.05, 0.1) is 23.4 Å². The summed E-state index contributed by atoms with van der Waals surface area (Å²) in [4.78, 5) is 11.5. The highest BCUT2D eigenvalue weighted by molar-refractivity contribution is 6.33. The standard InChI is InChI=1S/C15H13ClFNO2/c1-20-15(19)11-5-6-13(16)14(8-11)18-9-10-3-2-4-12(17)7-10/h2-8,18H,9H2,1H3. The van der Waals surface area contributed by atoms with Crippen LogP contribution in [0.15, 0.2) is 42.5 Å². The van der Waals surface area contributed by atoms with Crippen LogP contribution in [0.2, 0.25) is 5.02 Å². The summed E-state index contributed by atoms with van der Waals surface area (Å²) in [5.41, 5.74) is 1.78. The molecule has 0 unspecified atom stereocenters. The fourth-order valence-electron chi connectivity index (χ4n) is 1.75. The van der Waals surface area contributed by atoms with E-state index in [1.807, 2.05) is 0 Å². The maximum absolute atomic E-state index is 13.1. The number of hydrogen-bond acceptors (Lipinski definition) is 3. The Hall–Kier alpha value is -2.07. The number of carbonyl (C=O) groups is 1. The summed E-state index contributed by atoms with van der Waals surface area (Å²) in [7, 11) is 1.32. The van der Waals surface area contributed by atoms with Crippen molar-refractivity contribution in [3.8, 4) is 0 Å². The van der Waals surface area contributed by atoms with Gasteiger partial charge in [0.15, 0.2) is 0 Å². The van der Waals surface area contributed by atoms with Crippen molar-refractivity contribution in [3.05, 3.63) is 64.4 Å². The van der Waals surface area contributed by atoms with Crippen LogP contribution in [-0.4, -0.2) is 13.1 Å². The molecule has 5 heteroatoms. The SMILES string of the molecule is COC(=O)c1ccc(Cl)c(NCc2cccc(F)c2)c1. The molecule has 0 aliphatic heterocycles. The van der Waals surface area contributed by atoms with Crippen LogP contribution >= 0.6 is 11.6 Å². The lowest BCUT2D eigenvalue weighted by Crippen LogP contribution is -2.04. The van der Waals surface area contributed by atoms with E-state index in [0.717, 1.165) is 5.56 Å². The van der Waals surface area contributed by atoms with Crippen LogP contribution in [0.25, 0.3) is 0 Å². The lowest BCUT2D eigenvalue weighted by molar-refractivity contribution is 0.0601. The third-order valence-electron chi connectivity index (χ3n) is 2.76. The van der Waals surface area contributed by atoms with E-state index in [2.05, 4.69) is 10.1 Å². The average Bonchev–Trinajstić information content (AvgIpc) is 2.45. The van der Waals surface area contributed by atoms with Crippen molar-refractivity contribution in [2.45, 2.75) is 6.54 Å². The van der Waals surface area contributed by atoms with Crippen LogP contribution in [0.1, 0.15) is 15.9 Å². The Kier molecular flexibility index (Phi) is 4.58. The summed E-state index contributed by atoms with van der Waals surface area (Å²) < 4.78 is 17.7. The molecule has 0 aliphatic rings. The fraction of sp³-hybridized carbons (Fsp3) is 0.133. The molecule has 0 aliphatic carbocycles. The van der Waals surface area contributed by atoms with Crippen molar-refractivity contribution in [2.75, 3.05) is 12.4 Å². The van der Waals surface area contributed by atoms with Crippen LogP contribution < -0.4 is 5.32 Å². The molecule has 1 N–H and O–H groups in total. The molecular weight excluding hydrogens is 281 g/mol. The highest BCUT2D eigenvalue weighted by atomic mass is 35.5. The molecule has 0 fully saturated rings. The van der Waals surface area contributed by atoms with Crippen molar-refractivity contribution in [3.63, 3.8) is 0 Å². The number of ether oxygens (including phenoxy) is 1. The number of anilines is 1. The largest absolute Gasteiger partial charge is 0.465 e. The molecule has 0 spiro atoms. The second-order valence-electron chi connectivity index (χ2n) is 4.17. The van der Waals surface area contributed by atoms with Gasteiger partial charge in [-0.3, -0.25) is 0 Å². The van der Waals surface area contributed by atoms with Crippen LogP contribution in [0.4, 0.5) is 10.1 Å². The highest BCUT2D eigenvalue weighted by Crippen LogP contribution is 2.24. The first kappa shape index (κ1) is 14.3. The highest BCUT2D eigenvalue weighted by Gasteiger charge is 2.08. The van der Waals surface area contributed by atoms with E-state index >= 15 is 0 Å². The molecular formula is C15H13ClFNO2. The van der Waals surface area contributed by atoms with E-state index in [9.17, 15) is 9.18 Å². The second kappa shape index (κ2) is 6.39. The van der Waals surface area contributed by atoms with E-state index < -0.39 is 5.97 Å². The maximum atomic E-state index is 13.1. The molecule has 2 aromatic rings. The minimum absolute atomic E-state index is 0.293. The molecule has 0 radical (unpaired) electrons. The summed E-state index contributed by atoms with van der Waals surface area (Å²) in [5.74, 6) is -0.728. The molecule has 0 saturated heterocycles. The molecule has 2 aromatic carbocycles. The normalized spacial score (nSPS) is 10.2. The number of hydrogen-bond donors (Lipinski definition) is 1. The zero-order chi connectivity index (χ0) is 14.5. The summed E-state index contributed by atoms with van der Waals surface area (Å²) in [6.45, 7) is 0.405. The number of esters is 1. The number of nitrogens with one attached hydrogen (secondary N) is 1. The fourth-order valence-corrected chi connectivity index (χ4v) is 1.93. The summed E-state index contributed by atoms with van der Waals surface area (Å²) in [6.07, 6.45) is 0. The molecule has 0 heterocycles. The number of rotatable bonds is 4. The van der Waals surface area contributed by atoms with Gasteiger partial charge in [-0.25, -0.2) is 9.18 Å². The van der Waals surface area contributed by atoms with Crippen molar-refractivity contribution in [1.29, 1.82) is 0 Å². The van der Waals surface area contributed by atoms with Crippen LogP contribution in [0.3, 0.4) is 0 Å². The van der Waals surface area contributed by atoms with E-state index in [1.54, 1.807) is 30.3 Å². The minimum atomic E-state index is -0.435. The van der Waals surface area contributed by atoms with E-state index in [-0.39, 0.29) is 5.82 Å². The molecule has 3 nitrogen and oxygen atoms in total. The Morgan fingerprint density at radius 1 is 1.30 bits per heavy atom. The van der Waals surface area contributed by atoms with Gasteiger partial charge in [0, 0.05) is 6.54 Å². The smallest absolute Gasteiger partial charge is 0.337 e. The Bertz CT molecular complexity index is 631. The van der Waals surface area contributed by atoms with E-state index in [0.29, 0.717) is 22.8 Å². The average molecular weight is 294 g/mol. The lowest BCUT2D eigenvalue weighted by Gasteiger charge is -2.10. The quantitative estimate of drug-likeness (QED) is 0.870. The van der Waals surface area contributed by atoms with Crippen LogP contribution in [0, 0.1) is 5.82 Å². The van der Waals surface area contributed by atoms with Gasteiger partial charge >= 0.3 is 5.97 Å². The maximum Gasteiger partial charge on any atom is 0.337 e. The van der Waals surface area contributed by atoms with E-state index in [4.69, 9.17) is 11.6 Å². The Balaban J connectivity index is 2.14. The van der Waals surface area contributed by atoms with Gasteiger partial charge in [-0.1, -0.05) is 23.7 Å². The molecule has 0 bridgehead atoms. The van der Waals surface area contributed by atoms with Gasteiger partial charge in [-0.2, -0.15) is 0 Å². The summed E-state index contributed by atoms with van der Waals surface area (Å²) >= 11 is 6.05. The van der Waals surface area contributed by atoms with Gasteiger partial charge in [0.1, 0.15) is 5.82 Å². The van der Waals surface area contributed by atoms with Crippen LogP contribution in [-0.2, 0) is 11.3 Å². The monoisotopic (exact) mass is 293 g/mol. The van der Waals surface area contributed by atoms with Crippen molar-refractivity contribution in [2.24, 2.45) is 0 Å². The first-order chi connectivity index (χ1) is 9.60. The Morgan fingerprint density at radius 3 is 2.80 bits per heavy atom. The Labute approximate surface area is 121 Å². The molecule has 0 aromatic heterocycles. The van der Waals surface area contributed by atoms with Gasteiger partial charge in [0.2, 0.25) is 0 Å². The minimum Gasteiger partial charge on any atom is -0.465 e. The third-order valence-corrected chi connectivity index (χ3v) is 3.09. The number of halogens is 2. The van der Waals surface area contributed by atoms with Crippen molar-refractivity contribution < 1.29 is 13.9 Å². The number of methoxy groups -OCH3 is 1. The van der Waals surface area contributed by atoms with Gasteiger partial charge < -0.3 is 10.1 Å². The second-order valence-corrected chi connectivity index (χ2v) is 4.58. The summed E-state index contributed by atoms with van der Waals surface area (Å²) in [6, 6.07) is 11.1. The van der Waals surface area contributed by atoms with Gasteiger partial charge in [-0.05, 0) is 35.9 Å². The zero-order valence-electron chi connectivity index (χ0n) is 10.8. The molecule has 0 amide bonds.